The lowest BCUT2D eigenvalue weighted by Gasteiger charge is -2.13. The van der Waals surface area contributed by atoms with Gasteiger partial charge in [-0.15, -0.1) is 0 Å². The second-order valence-corrected chi connectivity index (χ2v) is 5.42. The maximum absolute atomic E-state index is 11.2. The molecule has 1 aromatic heterocycles. The number of aromatic nitrogens is 1. The van der Waals surface area contributed by atoms with Gasteiger partial charge in [0.2, 0.25) is 0 Å². The van der Waals surface area contributed by atoms with E-state index in [9.17, 15) is 4.79 Å². The fourth-order valence-electron chi connectivity index (χ4n) is 2.69. The molecule has 0 amide bonds. The van der Waals surface area contributed by atoms with E-state index in [2.05, 4.69) is 39.3 Å². The lowest BCUT2D eigenvalue weighted by molar-refractivity contribution is 0.0601. The van der Waals surface area contributed by atoms with Crippen molar-refractivity contribution in [2.24, 2.45) is 0 Å². The van der Waals surface area contributed by atoms with Gasteiger partial charge in [-0.1, -0.05) is 24.3 Å². The number of rotatable bonds is 3. The third-order valence-corrected chi connectivity index (χ3v) is 3.85. The van der Waals surface area contributed by atoms with E-state index in [1.807, 2.05) is 6.92 Å². The Balaban J connectivity index is 0.000000236. The number of carbonyl (C=O) groups excluding carboxylic acids is 1. The fourth-order valence-corrected chi connectivity index (χ4v) is 2.69. The van der Waals surface area contributed by atoms with E-state index >= 15 is 0 Å². The zero-order valence-electron chi connectivity index (χ0n) is 13.8. The topological polar surface area (TPSA) is 51.2 Å². The SMILES string of the molecule is CCNc1cnccc1C(=O)OC.[HH].c1ccc2c(c1)CCCC2. The summed E-state index contributed by atoms with van der Waals surface area (Å²) >= 11 is 0. The van der Waals surface area contributed by atoms with Crippen molar-refractivity contribution >= 4 is 11.7 Å². The van der Waals surface area contributed by atoms with Crippen LogP contribution in [0.3, 0.4) is 0 Å². The molecule has 0 unspecified atom stereocenters. The van der Waals surface area contributed by atoms with Crippen LogP contribution in [0.5, 0.6) is 0 Å². The number of pyridine rings is 1. The third-order valence-electron chi connectivity index (χ3n) is 3.85. The number of nitrogens with zero attached hydrogens (tertiary/aromatic N) is 1. The van der Waals surface area contributed by atoms with Crippen LogP contribution >= 0.6 is 0 Å². The first kappa shape index (κ1) is 17.0. The predicted octanol–water partition coefficient (Wildman–Crippen LogP) is 4.11. The Morgan fingerprint density at radius 1 is 1.22 bits per heavy atom. The van der Waals surface area contributed by atoms with E-state index in [1.54, 1.807) is 29.6 Å². The minimum atomic E-state index is -0.349. The lowest BCUT2D eigenvalue weighted by atomic mass is 9.92. The summed E-state index contributed by atoms with van der Waals surface area (Å²) in [5.74, 6) is -0.349. The number of methoxy groups -OCH3 is 1. The highest BCUT2D eigenvalue weighted by Crippen LogP contribution is 2.19. The molecular formula is C19H26N2O2. The number of ether oxygens (including phenoxy) is 1. The zero-order chi connectivity index (χ0) is 16.5. The Morgan fingerprint density at radius 3 is 2.43 bits per heavy atom. The molecule has 2 aromatic rings. The van der Waals surface area contributed by atoms with Crippen molar-refractivity contribution in [2.75, 3.05) is 19.0 Å². The minimum absolute atomic E-state index is 0. The molecule has 1 aliphatic rings. The highest BCUT2D eigenvalue weighted by atomic mass is 16.5. The van der Waals surface area contributed by atoms with Gasteiger partial charge in [0.15, 0.2) is 0 Å². The summed E-state index contributed by atoms with van der Waals surface area (Å²) < 4.78 is 4.62. The standard InChI is InChI=1S/C10H12.C9H12N2O2.H2/c1-2-6-10-8-4-3-7-9(10)5-1;1-3-11-8-6-10-5-4-7(8)9(12)13-2;/h1-2,5-6H,3-4,7-8H2;4-6,11H,3H2,1-2H3;1H. The van der Waals surface area contributed by atoms with Crippen LogP contribution < -0.4 is 5.32 Å². The molecule has 4 nitrogen and oxygen atoms in total. The predicted molar refractivity (Wildman–Crippen MR) is 94.9 cm³/mol. The van der Waals surface area contributed by atoms with Crippen LogP contribution in [0.2, 0.25) is 0 Å². The van der Waals surface area contributed by atoms with Crippen LogP contribution in [0.15, 0.2) is 42.7 Å². The lowest BCUT2D eigenvalue weighted by Crippen LogP contribution is -2.08. The molecular weight excluding hydrogens is 288 g/mol. The smallest absolute Gasteiger partial charge is 0.340 e. The van der Waals surface area contributed by atoms with Crippen molar-refractivity contribution in [1.29, 1.82) is 0 Å². The molecule has 0 aliphatic heterocycles. The van der Waals surface area contributed by atoms with Crippen LogP contribution in [0.25, 0.3) is 0 Å². The average Bonchev–Trinajstić information content (AvgIpc) is 2.62. The van der Waals surface area contributed by atoms with Crippen LogP contribution in [0.4, 0.5) is 5.69 Å². The van der Waals surface area contributed by atoms with Crippen molar-refractivity contribution in [1.82, 2.24) is 4.98 Å². The van der Waals surface area contributed by atoms with Gasteiger partial charge in [-0.3, -0.25) is 4.98 Å². The van der Waals surface area contributed by atoms with Gasteiger partial charge < -0.3 is 10.1 Å². The van der Waals surface area contributed by atoms with Gasteiger partial charge in [0.05, 0.1) is 24.6 Å². The molecule has 0 saturated heterocycles. The number of fused-ring (bicyclic) bond motifs is 1. The maximum atomic E-state index is 11.2. The number of benzene rings is 1. The summed E-state index contributed by atoms with van der Waals surface area (Å²) in [7, 11) is 1.36. The van der Waals surface area contributed by atoms with E-state index in [-0.39, 0.29) is 7.40 Å². The maximum Gasteiger partial charge on any atom is 0.340 e. The Morgan fingerprint density at radius 2 is 1.87 bits per heavy atom. The Bertz CT molecular complexity index is 622. The van der Waals surface area contributed by atoms with E-state index < -0.39 is 0 Å². The molecule has 0 saturated carbocycles. The van der Waals surface area contributed by atoms with Gasteiger partial charge >= 0.3 is 5.97 Å². The van der Waals surface area contributed by atoms with Crippen molar-refractivity contribution < 1.29 is 11.0 Å². The van der Waals surface area contributed by atoms with E-state index in [4.69, 9.17) is 0 Å². The molecule has 0 atom stereocenters. The third kappa shape index (κ3) is 4.81. The van der Waals surface area contributed by atoms with Crippen molar-refractivity contribution in [2.45, 2.75) is 32.6 Å². The molecule has 0 radical (unpaired) electrons. The van der Waals surface area contributed by atoms with Crippen molar-refractivity contribution in [3.05, 3.63) is 59.4 Å². The van der Waals surface area contributed by atoms with Gasteiger partial charge in [0.1, 0.15) is 0 Å². The van der Waals surface area contributed by atoms with Gasteiger partial charge in [0, 0.05) is 14.2 Å². The molecule has 0 spiro atoms. The Kier molecular flexibility index (Phi) is 6.60. The molecule has 1 N–H and O–H groups in total. The fraction of sp³-hybridized carbons (Fsp3) is 0.368. The number of nitrogens with one attached hydrogen (secondary N) is 1. The highest BCUT2D eigenvalue weighted by Gasteiger charge is 2.10. The largest absolute Gasteiger partial charge is 0.465 e. The summed E-state index contributed by atoms with van der Waals surface area (Å²) in [4.78, 5) is 15.1. The second kappa shape index (κ2) is 8.93. The summed E-state index contributed by atoms with van der Waals surface area (Å²) in [6, 6.07) is 10.4. The molecule has 4 heteroatoms. The van der Waals surface area contributed by atoms with Crippen LogP contribution in [-0.2, 0) is 17.6 Å². The summed E-state index contributed by atoms with van der Waals surface area (Å²) in [6.07, 6.45) is 8.54. The molecule has 1 aromatic carbocycles. The van der Waals surface area contributed by atoms with Crippen LogP contribution in [0, 0.1) is 0 Å². The van der Waals surface area contributed by atoms with E-state index in [0.29, 0.717) is 11.3 Å². The van der Waals surface area contributed by atoms with Crippen LogP contribution in [0.1, 0.15) is 42.7 Å². The first-order valence-electron chi connectivity index (χ1n) is 8.09. The number of hydrogen-bond donors (Lipinski definition) is 1. The van der Waals surface area contributed by atoms with Gasteiger partial charge in [-0.05, 0) is 49.8 Å². The highest BCUT2D eigenvalue weighted by molar-refractivity contribution is 5.95. The Hall–Kier alpha value is -2.36. The van der Waals surface area contributed by atoms with Crippen molar-refractivity contribution in [3.8, 4) is 0 Å². The molecule has 0 fully saturated rings. The summed E-state index contributed by atoms with van der Waals surface area (Å²) in [6.45, 7) is 2.70. The summed E-state index contributed by atoms with van der Waals surface area (Å²) in [5, 5.41) is 3.03. The van der Waals surface area contributed by atoms with Crippen LogP contribution in [-0.4, -0.2) is 24.6 Å². The van der Waals surface area contributed by atoms with Crippen molar-refractivity contribution in [3.63, 3.8) is 0 Å². The minimum Gasteiger partial charge on any atom is -0.465 e. The first-order chi connectivity index (χ1) is 11.3. The molecule has 1 heterocycles. The molecule has 124 valence electrons. The number of aryl methyl sites for hydroxylation is 2. The van der Waals surface area contributed by atoms with E-state index in [1.165, 1.54) is 32.8 Å². The Labute approximate surface area is 139 Å². The molecule has 0 bridgehead atoms. The molecule has 3 rings (SSSR count). The number of hydrogen-bond acceptors (Lipinski definition) is 4. The normalized spacial score (nSPS) is 12.4. The average molecular weight is 314 g/mol. The molecule has 1 aliphatic carbocycles. The first-order valence-corrected chi connectivity index (χ1v) is 8.09. The van der Waals surface area contributed by atoms with Gasteiger partial charge in [0.25, 0.3) is 0 Å². The number of anilines is 1. The summed E-state index contributed by atoms with van der Waals surface area (Å²) in [5.41, 5.74) is 4.37. The second-order valence-electron chi connectivity index (χ2n) is 5.42. The van der Waals surface area contributed by atoms with Gasteiger partial charge in [-0.2, -0.15) is 0 Å². The number of esters is 1. The molecule has 23 heavy (non-hydrogen) atoms. The monoisotopic (exact) mass is 314 g/mol. The quantitative estimate of drug-likeness (QED) is 0.866. The van der Waals surface area contributed by atoms with Gasteiger partial charge in [-0.25, -0.2) is 4.79 Å². The number of carbonyl (C=O) groups is 1. The zero-order valence-corrected chi connectivity index (χ0v) is 13.8. The van der Waals surface area contributed by atoms with E-state index in [0.717, 1.165) is 6.54 Å².